The first-order valence-electron chi connectivity index (χ1n) is 12.4. The summed E-state index contributed by atoms with van der Waals surface area (Å²) in [6.07, 6.45) is 22.3. The molecule has 0 aromatic rings. The van der Waals surface area contributed by atoms with Crippen molar-refractivity contribution >= 4 is 13.7 Å². The van der Waals surface area contributed by atoms with Crippen molar-refractivity contribution in [3.63, 3.8) is 0 Å². The molecule has 0 rings (SSSR count). The fourth-order valence-corrected chi connectivity index (χ4v) is 3.37. The standard InChI is InChI=1S/C23H48N2O.H3O4P/c1-4-5-6-7-8-9-10-11-12-13-14-15-16-17-18-20-23(26)24-21-19-22-25(2)3;1-5(2,3)4/h4-22H2,1-3H3,(H,24,26);(H3,1,2,3,4). The molecule has 0 aliphatic rings. The minimum Gasteiger partial charge on any atom is -0.356 e. The molecule has 0 spiro atoms. The van der Waals surface area contributed by atoms with Gasteiger partial charge in [-0.3, -0.25) is 4.79 Å². The Morgan fingerprint density at radius 3 is 1.42 bits per heavy atom. The molecule has 4 N–H and O–H groups in total. The number of nitrogens with zero attached hydrogens (tertiary/aromatic N) is 1. The van der Waals surface area contributed by atoms with Gasteiger partial charge in [-0.25, -0.2) is 4.57 Å². The summed E-state index contributed by atoms with van der Waals surface area (Å²) < 4.78 is 8.88. The Morgan fingerprint density at radius 1 is 0.710 bits per heavy atom. The highest BCUT2D eigenvalue weighted by molar-refractivity contribution is 7.45. The van der Waals surface area contributed by atoms with Crippen LogP contribution in [0.2, 0.25) is 0 Å². The zero-order valence-electron chi connectivity index (χ0n) is 20.5. The van der Waals surface area contributed by atoms with Gasteiger partial charge >= 0.3 is 7.82 Å². The van der Waals surface area contributed by atoms with E-state index in [-0.39, 0.29) is 5.91 Å². The van der Waals surface area contributed by atoms with Crippen LogP contribution in [0.1, 0.15) is 116 Å². The molecular formula is C23H51N2O5P. The second-order valence-corrected chi connectivity index (χ2v) is 9.75. The lowest BCUT2D eigenvalue weighted by Crippen LogP contribution is -2.26. The van der Waals surface area contributed by atoms with Gasteiger partial charge in [-0.15, -0.1) is 0 Å². The number of hydrogen-bond donors (Lipinski definition) is 4. The normalized spacial score (nSPS) is 11.3. The molecule has 0 atom stereocenters. The summed E-state index contributed by atoms with van der Waals surface area (Å²) in [7, 11) is -0.505. The Labute approximate surface area is 191 Å². The molecule has 0 aromatic heterocycles. The summed E-state index contributed by atoms with van der Waals surface area (Å²) >= 11 is 0. The van der Waals surface area contributed by atoms with Crippen molar-refractivity contribution in [3.8, 4) is 0 Å². The number of carbonyl (C=O) groups excluding carboxylic acids is 1. The van der Waals surface area contributed by atoms with Crippen LogP contribution in [0, 0.1) is 0 Å². The molecule has 7 nitrogen and oxygen atoms in total. The lowest BCUT2D eigenvalue weighted by atomic mass is 10.0. The third kappa shape index (κ3) is 40.4. The minimum absolute atomic E-state index is 0.235. The van der Waals surface area contributed by atoms with Gasteiger partial charge in [0.2, 0.25) is 5.91 Å². The van der Waals surface area contributed by atoms with E-state index >= 15 is 0 Å². The molecule has 0 fully saturated rings. The molecule has 31 heavy (non-hydrogen) atoms. The average Bonchev–Trinajstić information content (AvgIpc) is 2.67. The van der Waals surface area contributed by atoms with E-state index < -0.39 is 7.82 Å². The molecule has 8 heteroatoms. The molecule has 188 valence electrons. The van der Waals surface area contributed by atoms with Crippen LogP contribution in [0.15, 0.2) is 0 Å². The minimum atomic E-state index is -4.64. The number of hydrogen-bond acceptors (Lipinski definition) is 3. The van der Waals surface area contributed by atoms with E-state index in [0.717, 1.165) is 25.9 Å². The monoisotopic (exact) mass is 466 g/mol. The van der Waals surface area contributed by atoms with Gasteiger partial charge in [-0.05, 0) is 33.5 Å². The first kappa shape index (κ1) is 32.7. The molecule has 0 aliphatic carbocycles. The van der Waals surface area contributed by atoms with E-state index in [1.54, 1.807) is 0 Å². The van der Waals surface area contributed by atoms with Crippen LogP contribution in [0.25, 0.3) is 0 Å². The highest BCUT2D eigenvalue weighted by Crippen LogP contribution is 2.25. The Morgan fingerprint density at radius 2 is 1.06 bits per heavy atom. The lowest BCUT2D eigenvalue weighted by molar-refractivity contribution is -0.121. The van der Waals surface area contributed by atoms with Gasteiger partial charge in [0.05, 0.1) is 0 Å². The fraction of sp³-hybridized carbons (Fsp3) is 0.957. The van der Waals surface area contributed by atoms with Gasteiger partial charge in [0.15, 0.2) is 0 Å². The zero-order valence-corrected chi connectivity index (χ0v) is 21.4. The predicted octanol–water partition coefficient (Wildman–Crippen LogP) is 5.39. The van der Waals surface area contributed by atoms with Gasteiger partial charge in [-0.1, -0.05) is 96.8 Å². The second-order valence-electron chi connectivity index (χ2n) is 8.72. The molecule has 0 heterocycles. The van der Waals surface area contributed by atoms with Crippen LogP contribution >= 0.6 is 7.82 Å². The van der Waals surface area contributed by atoms with Gasteiger partial charge in [-0.2, -0.15) is 0 Å². The quantitative estimate of drug-likeness (QED) is 0.141. The fourth-order valence-electron chi connectivity index (χ4n) is 3.37. The second kappa shape index (κ2) is 24.2. The Hall–Kier alpha value is -0.460. The Bertz CT molecular complexity index is 422. The molecule has 0 saturated carbocycles. The molecule has 0 aromatic carbocycles. The third-order valence-electron chi connectivity index (χ3n) is 5.11. The van der Waals surface area contributed by atoms with E-state index in [1.807, 2.05) is 0 Å². The number of amides is 1. The summed E-state index contributed by atoms with van der Waals surface area (Å²) in [4.78, 5) is 35.4. The van der Waals surface area contributed by atoms with Crippen LogP contribution in [0.5, 0.6) is 0 Å². The van der Waals surface area contributed by atoms with E-state index in [1.165, 1.54) is 89.9 Å². The predicted molar refractivity (Wildman–Crippen MR) is 130 cm³/mol. The highest BCUT2D eigenvalue weighted by Gasteiger charge is 2.01. The number of rotatable bonds is 20. The Balaban J connectivity index is 0. The van der Waals surface area contributed by atoms with Crippen molar-refractivity contribution in [2.45, 2.75) is 116 Å². The van der Waals surface area contributed by atoms with Crippen LogP contribution in [0.4, 0.5) is 0 Å². The first-order valence-corrected chi connectivity index (χ1v) is 13.9. The van der Waals surface area contributed by atoms with Gasteiger partial charge < -0.3 is 24.9 Å². The molecule has 0 unspecified atom stereocenters. The Kier molecular flexibility index (Phi) is 25.5. The van der Waals surface area contributed by atoms with Crippen molar-refractivity contribution in [3.05, 3.63) is 0 Å². The van der Waals surface area contributed by atoms with E-state index in [2.05, 4.69) is 31.2 Å². The summed E-state index contributed by atoms with van der Waals surface area (Å²) in [5, 5.41) is 3.02. The highest BCUT2D eigenvalue weighted by atomic mass is 31.2. The molecule has 0 radical (unpaired) electrons. The SMILES string of the molecule is CCCCCCCCCCCCCCCCCC(=O)NCCCN(C)C.O=P(O)(O)O. The lowest BCUT2D eigenvalue weighted by Gasteiger charge is -2.09. The molecule has 0 bridgehead atoms. The van der Waals surface area contributed by atoms with Crippen molar-refractivity contribution < 1.29 is 24.0 Å². The maximum absolute atomic E-state index is 11.7. The average molecular weight is 467 g/mol. The third-order valence-corrected chi connectivity index (χ3v) is 5.11. The van der Waals surface area contributed by atoms with Crippen molar-refractivity contribution in [2.24, 2.45) is 0 Å². The first-order chi connectivity index (χ1) is 14.7. The summed E-state index contributed by atoms with van der Waals surface area (Å²) in [5.74, 6) is 0.235. The molecular weight excluding hydrogens is 415 g/mol. The van der Waals surface area contributed by atoms with E-state index in [9.17, 15) is 4.79 Å². The van der Waals surface area contributed by atoms with Gasteiger partial charge in [0, 0.05) is 13.0 Å². The number of nitrogens with one attached hydrogen (secondary N) is 1. The smallest absolute Gasteiger partial charge is 0.356 e. The van der Waals surface area contributed by atoms with Crippen LogP contribution in [0.3, 0.4) is 0 Å². The molecule has 0 saturated heterocycles. The maximum Gasteiger partial charge on any atom is 0.466 e. The number of unbranched alkanes of at least 4 members (excludes halogenated alkanes) is 14. The van der Waals surface area contributed by atoms with Crippen molar-refractivity contribution in [1.82, 2.24) is 10.2 Å². The maximum atomic E-state index is 11.7. The van der Waals surface area contributed by atoms with Crippen LogP contribution in [-0.2, 0) is 9.36 Å². The molecule has 0 aliphatic heterocycles. The summed E-state index contributed by atoms with van der Waals surface area (Å²) in [5.41, 5.74) is 0. The van der Waals surface area contributed by atoms with Gasteiger partial charge in [0.1, 0.15) is 0 Å². The van der Waals surface area contributed by atoms with Crippen molar-refractivity contribution in [2.75, 3.05) is 27.2 Å². The van der Waals surface area contributed by atoms with Gasteiger partial charge in [0.25, 0.3) is 0 Å². The topological polar surface area (TPSA) is 110 Å². The van der Waals surface area contributed by atoms with E-state index in [0.29, 0.717) is 6.42 Å². The number of phosphoric acid groups is 1. The zero-order chi connectivity index (χ0) is 23.8. The van der Waals surface area contributed by atoms with E-state index in [4.69, 9.17) is 19.2 Å². The largest absolute Gasteiger partial charge is 0.466 e. The summed E-state index contributed by atoms with van der Waals surface area (Å²) in [6, 6.07) is 0. The van der Waals surface area contributed by atoms with Crippen LogP contribution in [-0.4, -0.2) is 52.7 Å². The van der Waals surface area contributed by atoms with Crippen molar-refractivity contribution in [1.29, 1.82) is 0 Å². The molecule has 1 amide bonds. The van der Waals surface area contributed by atoms with Crippen LogP contribution < -0.4 is 5.32 Å². The number of carbonyl (C=O) groups is 1. The summed E-state index contributed by atoms with van der Waals surface area (Å²) in [6.45, 7) is 4.14.